The highest BCUT2D eigenvalue weighted by Crippen LogP contribution is 2.35. The lowest BCUT2D eigenvalue weighted by molar-refractivity contribution is 0.0606. The zero-order chi connectivity index (χ0) is 19.3. The molecule has 0 bridgehead atoms. The number of esters is 1. The Labute approximate surface area is 163 Å². The topological polar surface area (TPSA) is 86.4 Å². The second-order valence-corrected chi connectivity index (χ2v) is 7.25. The number of furan rings is 1. The van der Waals surface area contributed by atoms with Crippen LogP contribution in [0.4, 0.5) is 0 Å². The Morgan fingerprint density at radius 3 is 2.93 bits per heavy atom. The lowest BCUT2D eigenvalue weighted by Gasteiger charge is -2.05. The molecular weight excluding hydrogens is 378 g/mol. The molecule has 0 saturated heterocycles. The van der Waals surface area contributed by atoms with Gasteiger partial charge in [0.1, 0.15) is 10.6 Å². The standard InChI is InChI=1S/C20H15N3O4S/c1-26-20(25)17-11(7-10-28-17)14-5-6-15(27-14)18-22-13-4-2-3-12-16(13)23(18)9-8-21-19(12)24/h2-7,10H,8-9H2,1H3,(H,21,24). The number of nitrogens with one attached hydrogen (secondary N) is 1. The van der Waals surface area contributed by atoms with Crippen LogP contribution in [0.1, 0.15) is 20.0 Å². The van der Waals surface area contributed by atoms with Gasteiger partial charge >= 0.3 is 5.97 Å². The van der Waals surface area contributed by atoms with Gasteiger partial charge in [0.25, 0.3) is 5.91 Å². The van der Waals surface area contributed by atoms with Gasteiger partial charge in [0.15, 0.2) is 11.6 Å². The Balaban J connectivity index is 1.64. The van der Waals surface area contributed by atoms with Crippen molar-refractivity contribution in [2.75, 3.05) is 13.7 Å². The quantitative estimate of drug-likeness (QED) is 0.538. The molecule has 0 fully saturated rings. The maximum Gasteiger partial charge on any atom is 0.348 e. The maximum absolute atomic E-state index is 12.3. The summed E-state index contributed by atoms with van der Waals surface area (Å²) in [7, 11) is 1.36. The first-order valence-corrected chi connectivity index (χ1v) is 9.59. The number of amides is 1. The maximum atomic E-state index is 12.3. The average molecular weight is 393 g/mol. The van der Waals surface area contributed by atoms with E-state index in [1.165, 1.54) is 18.4 Å². The molecule has 1 N–H and O–H groups in total. The van der Waals surface area contributed by atoms with Gasteiger partial charge < -0.3 is 19.0 Å². The molecule has 1 aromatic carbocycles. The summed E-state index contributed by atoms with van der Waals surface area (Å²) in [6.07, 6.45) is 0. The summed E-state index contributed by atoms with van der Waals surface area (Å²) in [4.78, 5) is 29.5. The van der Waals surface area contributed by atoms with Crippen molar-refractivity contribution in [3.8, 4) is 22.9 Å². The van der Waals surface area contributed by atoms with Crippen LogP contribution >= 0.6 is 11.3 Å². The smallest absolute Gasteiger partial charge is 0.348 e. The van der Waals surface area contributed by atoms with Crippen LogP contribution in [0.3, 0.4) is 0 Å². The normalized spacial score (nSPS) is 13.4. The van der Waals surface area contributed by atoms with Crippen LogP contribution < -0.4 is 5.32 Å². The van der Waals surface area contributed by atoms with Gasteiger partial charge in [-0.2, -0.15) is 0 Å². The van der Waals surface area contributed by atoms with Gasteiger partial charge in [0, 0.05) is 18.7 Å². The van der Waals surface area contributed by atoms with E-state index >= 15 is 0 Å². The van der Waals surface area contributed by atoms with E-state index in [9.17, 15) is 9.59 Å². The van der Waals surface area contributed by atoms with Crippen LogP contribution in [0.2, 0.25) is 0 Å². The number of methoxy groups -OCH3 is 1. The largest absolute Gasteiger partial charge is 0.465 e. The molecule has 0 radical (unpaired) electrons. The molecule has 7 nitrogen and oxygen atoms in total. The molecule has 0 unspecified atom stereocenters. The average Bonchev–Trinajstić information content (AvgIpc) is 3.42. The van der Waals surface area contributed by atoms with Crippen LogP contribution in [0.5, 0.6) is 0 Å². The van der Waals surface area contributed by atoms with Crippen molar-refractivity contribution in [3.63, 3.8) is 0 Å². The minimum atomic E-state index is -0.393. The first-order chi connectivity index (χ1) is 13.7. The molecule has 3 aromatic heterocycles. The van der Waals surface area contributed by atoms with Crippen molar-refractivity contribution in [2.24, 2.45) is 0 Å². The van der Waals surface area contributed by atoms with Crippen molar-refractivity contribution < 1.29 is 18.7 Å². The molecule has 4 aromatic rings. The number of aromatic nitrogens is 2. The van der Waals surface area contributed by atoms with E-state index in [0.29, 0.717) is 46.4 Å². The van der Waals surface area contributed by atoms with E-state index in [-0.39, 0.29) is 5.91 Å². The van der Waals surface area contributed by atoms with Gasteiger partial charge in [-0.3, -0.25) is 4.79 Å². The molecule has 0 aliphatic carbocycles. The number of ether oxygens (including phenoxy) is 1. The molecule has 1 aliphatic heterocycles. The van der Waals surface area contributed by atoms with Crippen molar-refractivity contribution in [3.05, 3.63) is 52.2 Å². The summed E-state index contributed by atoms with van der Waals surface area (Å²) in [6, 6.07) is 11.0. The first-order valence-electron chi connectivity index (χ1n) is 8.71. The molecular formula is C20H15N3O4S. The fourth-order valence-electron chi connectivity index (χ4n) is 3.51. The number of thiophene rings is 1. The van der Waals surface area contributed by atoms with Crippen molar-refractivity contribution in [1.29, 1.82) is 0 Å². The zero-order valence-corrected chi connectivity index (χ0v) is 15.7. The van der Waals surface area contributed by atoms with Crippen molar-refractivity contribution >= 4 is 34.2 Å². The number of carbonyl (C=O) groups is 2. The number of benzene rings is 1. The number of rotatable bonds is 3. The highest BCUT2D eigenvalue weighted by Gasteiger charge is 2.24. The van der Waals surface area contributed by atoms with Crippen LogP contribution in [0.15, 0.2) is 46.2 Å². The second-order valence-electron chi connectivity index (χ2n) is 6.34. The molecule has 8 heteroatoms. The number of imidazole rings is 1. The predicted octanol–water partition coefficient (Wildman–Crippen LogP) is 3.55. The van der Waals surface area contributed by atoms with E-state index in [1.54, 1.807) is 6.07 Å². The Hall–Kier alpha value is -3.39. The van der Waals surface area contributed by atoms with Crippen molar-refractivity contribution in [2.45, 2.75) is 6.54 Å². The van der Waals surface area contributed by atoms with Crippen LogP contribution in [0.25, 0.3) is 33.9 Å². The van der Waals surface area contributed by atoms with Gasteiger partial charge in [-0.05, 0) is 35.7 Å². The summed E-state index contributed by atoms with van der Waals surface area (Å²) < 4.78 is 12.9. The summed E-state index contributed by atoms with van der Waals surface area (Å²) in [5.74, 6) is 1.31. The molecule has 0 saturated carbocycles. The number of nitrogens with zero attached hydrogens (tertiary/aromatic N) is 2. The van der Waals surface area contributed by atoms with Crippen LogP contribution in [-0.2, 0) is 11.3 Å². The third kappa shape index (κ3) is 2.45. The molecule has 0 atom stereocenters. The lowest BCUT2D eigenvalue weighted by Crippen LogP contribution is -2.24. The minimum Gasteiger partial charge on any atom is -0.465 e. The fourth-order valence-corrected chi connectivity index (χ4v) is 4.32. The molecule has 1 aliphatic rings. The summed E-state index contributed by atoms with van der Waals surface area (Å²) in [5, 5.41) is 4.73. The summed E-state index contributed by atoms with van der Waals surface area (Å²) in [6.45, 7) is 1.10. The van der Waals surface area contributed by atoms with Crippen LogP contribution in [0, 0.1) is 0 Å². The third-order valence-corrected chi connectivity index (χ3v) is 5.65. The Morgan fingerprint density at radius 1 is 1.21 bits per heavy atom. The fraction of sp³-hybridized carbons (Fsp3) is 0.150. The second kappa shape index (κ2) is 6.35. The third-order valence-electron chi connectivity index (χ3n) is 4.76. The molecule has 5 rings (SSSR count). The van der Waals surface area contributed by atoms with Gasteiger partial charge in [0.2, 0.25) is 0 Å². The van der Waals surface area contributed by atoms with E-state index in [4.69, 9.17) is 14.1 Å². The van der Waals surface area contributed by atoms with Gasteiger partial charge in [0.05, 0.1) is 23.7 Å². The molecule has 0 spiro atoms. The van der Waals surface area contributed by atoms with E-state index in [1.807, 2.05) is 40.3 Å². The highest BCUT2D eigenvalue weighted by atomic mass is 32.1. The van der Waals surface area contributed by atoms with Gasteiger partial charge in [-0.15, -0.1) is 11.3 Å². The summed E-state index contributed by atoms with van der Waals surface area (Å²) in [5.41, 5.74) is 2.84. The number of hydrogen-bond acceptors (Lipinski definition) is 6. The molecule has 1 amide bonds. The van der Waals surface area contributed by atoms with Crippen LogP contribution in [-0.4, -0.2) is 35.1 Å². The minimum absolute atomic E-state index is 0.100. The zero-order valence-electron chi connectivity index (χ0n) is 14.9. The van der Waals surface area contributed by atoms with E-state index in [0.717, 1.165) is 11.0 Å². The Bertz CT molecular complexity index is 1230. The Kier molecular flexibility index (Phi) is 3.80. The van der Waals surface area contributed by atoms with Gasteiger partial charge in [-0.25, -0.2) is 9.78 Å². The summed E-state index contributed by atoms with van der Waals surface area (Å²) >= 11 is 1.31. The molecule has 4 heterocycles. The highest BCUT2D eigenvalue weighted by molar-refractivity contribution is 7.12. The van der Waals surface area contributed by atoms with Crippen molar-refractivity contribution in [1.82, 2.24) is 14.9 Å². The number of hydrogen-bond donors (Lipinski definition) is 1. The van der Waals surface area contributed by atoms with E-state index < -0.39 is 5.97 Å². The monoisotopic (exact) mass is 393 g/mol. The first kappa shape index (κ1) is 16.8. The van der Waals surface area contributed by atoms with Gasteiger partial charge in [-0.1, -0.05) is 6.07 Å². The molecule has 140 valence electrons. The number of para-hydroxylation sites is 1. The number of carbonyl (C=O) groups excluding carboxylic acids is 2. The van der Waals surface area contributed by atoms with E-state index in [2.05, 4.69) is 5.32 Å². The molecule has 28 heavy (non-hydrogen) atoms. The Morgan fingerprint density at radius 2 is 2.07 bits per heavy atom. The predicted molar refractivity (Wildman–Crippen MR) is 104 cm³/mol. The SMILES string of the molecule is COC(=O)c1sccc1-c1ccc(-c2nc3cccc4c3n2CCNC4=O)o1. The lowest BCUT2D eigenvalue weighted by atomic mass is 10.2.